The molecule has 3 heterocycles. The van der Waals surface area contributed by atoms with Crippen LogP contribution in [0.3, 0.4) is 0 Å². The van der Waals surface area contributed by atoms with E-state index in [4.69, 9.17) is 0 Å². The second-order valence-electron chi connectivity index (χ2n) is 5.40. The summed E-state index contributed by atoms with van der Waals surface area (Å²) in [5.41, 5.74) is 0.0543. The van der Waals surface area contributed by atoms with Crippen molar-refractivity contribution in [3.63, 3.8) is 0 Å². The van der Waals surface area contributed by atoms with Crippen LogP contribution in [0.4, 0.5) is 5.69 Å². The molecule has 2 unspecified atom stereocenters. The molecule has 2 aliphatic rings. The van der Waals surface area contributed by atoms with E-state index >= 15 is 0 Å². The predicted octanol–water partition coefficient (Wildman–Crippen LogP) is 2.35. The van der Waals surface area contributed by atoms with Crippen molar-refractivity contribution >= 4 is 35.3 Å². The molecule has 2 saturated heterocycles. The fourth-order valence-electron chi connectivity index (χ4n) is 3.20. The number of thiophene rings is 1. The molecule has 6 nitrogen and oxygen atoms in total. The van der Waals surface area contributed by atoms with Crippen molar-refractivity contribution in [3.8, 4) is 0 Å². The lowest BCUT2D eigenvalue weighted by Gasteiger charge is -2.27. The summed E-state index contributed by atoms with van der Waals surface area (Å²) < 4.78 is 0. The van der Waals surface area contributed by atoms with Crippen LogP contribution in [0.1, 0.15) is 33.8 Å². The largest absolute Gasteiger partial charge is 0.331 e. The number of amides is 1. The Bertz CT molecular complexity index is 549. The highest BCUT2D eigenvalue weighted by molar-refractivity contribution is 7.14. The van der Waals surface area contributed by atoms with E-state index < -0.39 is 4.92 Å². The Morgan fingerprint density at radius 2 is 2.14 bits per heavy atom. The molecular formula is C13H18ClN3O3S. The van der Waals surface area contributed by atoms with Gasteiger partial charge in [-0.1, -0.05) is 0 Å². The van der Waals surface area contributed by atoms with E-state index in [0.717, 1.165) is 32.4 Å². The van der Waals surface area contributed by atoms with Crippen molar-refractivity contribution in [2.24, 2.45) is 0 Å². The van der Waals surface area contributed by atoms with Gasteiger partial charge in [0.2, 0.25) is 0 Å². The van der Waals surface area contributed by atoms with Crippen LogP contribution in [0.2, 0.25) is 0 Å². The third kappa shape index (κ3) is 2.90. The minimum Gasteiger partial charge on any atom is -0.331 e. The van der Waals surface area contributed by atoms with Gasteiger partial charge in [-0.3, -0.25) is 14.9 Å². The van der Waals surface area contributed by atoms with Gasteiger partial charge in [-0.15, -0.1) is 23.7 Å². The number of carbonyl (C=O) groups is 1. The minimum absolute atomic E-state index is 0. The summed E-state index contributed by atoms with van der Waals surface area (Å²) in [6.07, 6.45) is 3.04. The first-order chi connectivity index (χ1) is 9.58. The van der Waals surface area contributed by atoms with Crippen LogP contribution in [0.5, 0.6) is 0 Å². The Kier molecular flexibility index (Phi) is 4.85. The summed E-state index contributed by atoms with van der Waals surface area (Å²) >= 11 is 1.23. The van der Waals surface area contributed by atoms with Crippen molar-refractivity contribution in [1.82, 2.24) is 10.2 Å². The first-order valence-corrected chi connectivity index (χ1v) is 7.68. The molecule has 0 radical (unpaired) electrons. The highest BCUT2D eigenvalue weighted by Crippen LogP contribution is 2.34. The van der Waals surface area contributed by atoms with Crippen LogP contribution in [-0.2, 0) is 0 Å². The topological polar surface area (TPSA) is 75.5 Å². The van der Waals surface area contributed by atoms with Crippen LogP contribution >= 0.6 is 23.7 Å². The van der Waals surface area contributed by atoms with Crippen molar-refractivity contribution in [2.45, 2.75) is 38.3 Å². The van der Waals surface area contributed by atoms with Crippen molar-refractivity contribution < 1.29 is 9.72 Å². The molecule has 1 amide bonds. The summed E-state index contributed by atoms with van der Waals surface area (Å²) in [6.45, 7) is 3.46. The van der Waals surface area contributed by atoms with Gasteiger partial charge in [-0.2, -0.15) is 0 Å². The van der Waals surface area contributed by atoms with Crippen molar-refractivity contribution in [2.75, 3.05) is 13.1 Å². The summed E-state index contributed by atoms with van der Waals surface area (Å²) in [7, 11) is 0. The number of carbonyl (C=O) groups excluding carboxylic acids is 1. The Morgan fingerprint density at radius 3 is 2.81 bits per heavy atom. The van der Waals surface area contributed by atoms with Gasteiger partial charge < -0.3 is 10.2 Å². The number of nitrogens with one attached hydrogen (secondary N) is 1. The molecule has 0 saturated carbocycles. The Balaban J connectivity index is 0.00000161. The van der Waals surface area contributed by atoms with E-state index in [0.29, 0.717) is 9.75 Å². The zero-order chi connectivity index (χ0) is 14.3. The number of hydrogen-bond acceptors (Lipinski definition) is 5. The average Bonchev–Trinajstić information content (AvgIpc) is 2.88. The third-order valence-electron chi connectivity index (χ3n) is 4.19. The number of aryl methyl sites for hydroxylation is 1. The normalized spacial score (nSPS) is 24.3. The van der Waals surface area contributed by atoms with E-state index in [-0.39, 0.29) is 36.1 Å². The zero-order valence-corrected chi connectivity index (χ0v) is 13.3. The van der Waals surface area contributed by atoms with E-state index in [1.165, 1.54) is 17.4 Å². The van der Waals surface area contributed by atoms with Crippen LogP contribution in [0.15, 0.2) is 6.07 Å². The lowest BCUT2D eigenvalue weighted by atomic mass is 10.1. The number of nitrogens with zero attached hydrogens (tertiary/aromatic N) is 2. The third-order valence-corrected chi connectivity index (χ3v) is 5.22. The standard InChI is InChI=1S/C13H17N3O3S.ClH/c1-8-11(16(18)19)6-12(20-8)13(17)15-9-2-3-10(15)7-14-5-4-9;/h6,9-10,14H,2-5,7H2,1H3;1H. The molecule has 8 heteroatoms. The molecule has 1 aromatic rings. The predicted molar refractivity (Wildman–Crippen MR) is 83.4 cm³/mol. The fraction of sp³-hybridized carbons (Fsp3) is 0.615. The summed E-state index contributed by atoms with van der Waals surface area (Å²) in [5.74, 6) is -0.0394. The van der Waals surface area contributed by atoms with Gasteiger partial charge in [0.1, 0.15) is 0 Å². The minimum atomic E-state index is -0.415. The van der Waals surface area contributed by atoms with E-state index in [1.54, 1.807) is 6.92 Å². The molecular weight excluding hydrogens is 314 g/mol. The zero-order valence-electron chi connectivity index (χ0n) is 11.7. The molecule has 2 bridgehead atoms. The maximum Gasteiger partial charge on any atom is 0.283 e. The number of nitro groups is 1. The summed E-state index contributed by atoms with van der Waals surface area (Å²) in [6, 6.07) is 1.94. The van der Waals surface area contributed by atoms with Crippen LogP contribution in [0.25, 0.3) is 0 Å². The highest BCUT2D eigenvalue weighted by Gasteiger charge is 2.39. The van der Waals surface area contributed by atoms with Gasteiger partial charge >= 0.3 is 0 Å². The molecule has 2 atom stereocenters. The first-order valence-electron chi connectivity index (χ1n) is 6.86. The molecule has 3 rings (SSSR count). The lowest BCUT2D eigenvalue weighted by molar-refractivity contribution is -0.385. The van der Waals surface area contributed by atoms with Crippen LogP contribution in [0, 0.1) is 17.0 Å². The quantitative estimate of drug-likeness (QED) is 0.666. The van der Waals surface area contributed by atoms with Crippen LogP contribution < -0.4 is 5.32 Å². The summed E-state index contributed by atoms with van der Waals surface area (Å²) in [5, 5.41) is 14.3. The van der Waals surface area contributed by atoms with Gasteiger partial charge in [0.05, 0.1) is 14.7 Å². The van der Waals surface area contributed by atoms with E-state index in [2.05, 4.69) is 5.32 Å². The second-order valence-corrected chi connectivity index (χ2v) is 6.66. The van der Waals surface area contributed by atoms with Crippen molar-refractivity contribution in [1.29, 1.82) is 0 Å². The van der Waals surface area contributed by atoms with Gasteiger partial charge in [0.15, 0.2) is 0 Å². The average molecular weight is 332 g/mol. The number of rotatable bonds is 2. The molecule has 0 aliphatic carbocycles. The molecule has 1 aromatic heterocycles. The molecule has 116 valence electrons. The van der Waals surface area contributed by atoms with Gasteiger partial charge in [0, 0.05) is 24.7 Å². The second kappa shape index (κ2) is 6.29. The molecule has 0 aromatic carbocycles. The Morgan fingerprint density at radius 1 is 1.43 bits per heavy atom. The number of halogens is 1. The van der Waals surface area contributed by atoms with E-state index in [1.807, 2.05) is 4.90 Å². The molecule has 2 fully saturated rings. The molecule has 1 N–H and O–H groups in total. The fourth-order valence-corrected chi connectivity index (χ4v) is 4.13. The molecule has 2 aliphatic heterocycles. The highest BCUT2D eigenvalue weighted by atomic mass is 35.5. The number of hydrogen-bond donors (Lipinski definition) is 1. The van der Waals surface area contributed by atoms with Gasteiger partial charge in [-0.05, 0) is 32.7 Å². The SMILES string of the molecule is Cc1sc(C(=O)N2C3CCNCC2CC3)cc1[N+](=O)[O-].Cl. The lowest BCUT2D eigenvalue weighted by Crippen LogP contribution is -2.42. The van der Waals surface area contributed by atoms with Gasteiger partial charge in [-0.25, -0.2) is 0 Å². The molecule has 0 spiro atoms. The summed E-state index contributed by atoms with van der Waals surface area (Å²) in [4.78, 5) is 26.2. The Hall–Kier alpha value is -1.18. The Labute approximate surface area is 133 Å². The maximum atomic E-state index is 12.7. The monoisotopic (exact) mass is 331 g/mol. The molecule has 21 heavy (non-hydrogen) atoms. The number of fused-ring (bicyclic) bond motifs is 2. The van der Waals surface area contributed by atoms with Crippen molar-refractivity contribution in [3.05, 3.63) is 25.9 Å². The van der Waals surface area contributed by atoms with Crippen LogP contribution in [-0.4, -0.2) is 40.9 Å². The first kappa shape index (κ1) is 16.2. The smallest absolute Gasteiger partial charge is 0.283 e. The van der Waals surface area contributed by atoms with E-state index in [9.17, 15) is 14.9 Å². The van der Waals surface area contributed by atoms with Gasteiger partial charge in [0.25, 0.3) is 11.6 Å². The maximum absolute atomic E-state index is 12.7.